The van der Waals surface area contributed by atoms with Crippen LogP contribution in [0.3, 0.4) is 0 Å². The lowest BCUT2D eigenvalue weighted by atomic mass is 10.2. The molecule has 0 aliphatic heterocycles. The zero-order valence-corrected chi connectivity index (χ0v) is 12.9. The molecule has 0 aliphatic carbocycles. The second kappa shape index (κ2) is 6.55. The van der Waals surface area contributed by atoms with Crippen LogP contribution in [-0.2, 0) is 0 Å². The van der Waals surface area contributed by atoms with E-state index < -0.39 is 0 Å². The standard InChI is InChI=1S/C17H17N3.ClH/c1-12(2)18-17-14-10-6-7-11-15(14)19-16(20-17)13-8-4-3-5-9-13;/h3-12H,1-2H3,(H,18,19,20);1H. The highest BCUT2D eigenvalue weighted by Crippen LogP contribution is 2.25. The Labute approximate surface area is 130 Å². The van der Waals surface area contributed by atoms with Crippen LogP contribution in [-0.4, -0.2) is 16.0 Å². The molecular weight excluding hydrogens is 282 g/mol. The number of hydrogen-bond acceptors (Lipinski definition) is 3. The number of aromatic nitrogens is 2. The number of para-hydroxylation sites is 1. The summed E-state index contributed by atoms with van der Waals surface area (Å²) in [6.45, 7) is 4.22. The van der Waals surface area contributed by atoms with Crippen molar-refractivity contribution in [2.75, 3.05) is 5.32 Å². The molecule has 3 nitrogen and oxygen atoms in total. The Morgan fingerprint density at radius 3 is 2.24 bits per heavy atom. The van der Waals surface area contributed by atoms with Gasteiger partial charge >= 0.3 is 0 Å². The third kappa shape index (κ3) is 3.31. The average Bonchev–Trinajstić information content (AvgIpc) is 2.47. The van der Waals surface area contributed by atoms with E-state index in [2.05, 4.69) is 35.2 Å². The van der Waals surface area contributed by atoms with Crippen molar-refractivity contribution in [2.24, 2.45) is 0 Å². The molecule has 0 saturated heterocycles. The number of nitrogens with zero attached hydrogens (tertiary/aromatic N) is 2. The first-order valence-corrected chi connectivity index (χ1v) is 6.83. The van der Waals surface area contributed by atoms with Gasteiger partial charge in [-0.2, -0.15) is 0 Å². The maximum absolute atomic E-state index is 4.69. The molecule has 0 amide bonds. The van der Waals surface area contributed by atoms with Gasteiger partial charge in [-0.1, -0.05) is 42.5 Å². The van der Waals surface area contributed by atoms with Crippen LogP contribution in [0.4, 0.5) is 5.82 Å². The number of rotatable bonds is 3. The summed E-state index contributed by atoms with van der Waals surface area (Å²) in [7, 11) is 0. The molecule has 3 aromatic rings. The molecule has 1 aromatic heterocycles. The van der Waals surface area contributed by atoms with E-state index in [4.69, 9.17) is 0 Å². The number of halogens is 1. The lowest BCUT2D eigenvalue weighted by molar-refractivity contribution is 0.891. The van der Waals surface area contributed by atoms with Gasteiger partial charge in [0.25, 0.3) is 0 Å². The Hall–Kier alpha value is -2.13. The first-order valence-electron chi connectivity index (χ1n) is 6.83. The first-order chi connectivity index (χ1) is 9.74. The first kappa shape index (κ1) is 15.3. The summed E-state index contributed by atoms with van der Waals surface area (Å²) in [6, 6.07) is 18.5. The zero-order chi connectivity index (χ0) is 13.9. The van der Waals surface area contributed by atoms with Crippen molar-refractivity contribution in [3.8, 4) is 11.4 Å². The fraction of sp³-hybridized carbons (Fsp3) is 0.176. The summed E-state index contributed by atoms with van der Waals surface area (Å²) in [5.74, 6) is 1.65. The molecule has 21 heavy (non-hydrogen) atoms. The lowest BCUT2D eigenvalue weighted by Gasteiger charge is -2.13. The molecule has 108 valence electrons. The van der Waals surface area contributed by atoms with Gasteiger partial charge in [0.15, 0.2) is 5.82 Å². The van der Waals surface area contributed by atoms with E-state index >= 15 is 0 Å². The number of nitrogens with one attached hydrogen (secondary N) is 1. The number of anilines is 1. The van der Waals surface area contributed by atoms with Gasteiger partial charge in [0.05, 0.1) is 5.52 Å². The minimum absolute atomic E-state index is 0. The average molecular weight is 300 g/mol. The molecule has 0 fully saturated rings. The molecule has 1 N–H and O–H groups in total. The lowest BCUT2D eigenvalue weighted by Crippen LogP contribution is -2.12. The monoisotopic (exact) mass is 299 g/mol. The molecular formula is C17H18ClN3. The minimum Gasteiger partial charge on any atom is -0.367 e. The SMILES string of the molecule is CC(C)Nc1nc(-c2ccccc2)nc2ccccc12.Cl. The Bertz CT molecular complexity index is 726. The molecule has 0 aliphatic rings. The van der Waals surface area contributed by atoms with Crippen molar-refractivity contribution in [1.82, 2.24) is 9.97 Å². The van der Waals surface area contributed by atoms with Crippen molar-refractivity contribution in [2.45, 2.75) is 19.9 Å². The molecule has 0 bridgehead atoms. The molecule has 0 saturated carbocycles. The van der Waals surface area contributed by atoms with E-state index in [1.807, 2.05) is 48.5 Å². The van der Waals surface area contributed by atoms with Gasteiger partial charge in [-0.15, -0.1) is 12.4 Å². The van der Waals surface area contributed by atoms with Gasteiger partial charge in [0.1, 0.15) is 5.82 Å². The fourth-order valence-electron chi connectivity index (χ4n) is 2.18. The number of fused-ring (bicyclic) bond motifs is 1. The Morgan fingerprint density at radius 2 is 1.52 bits per heavy atom. The van der Waals surface area contributed by atoms with Crippen LogP contribution >= 0.6 is 12.4 Å². The maximum atomic E-state index is 4.69. The highest BCUT2D eigenvalue weighted by atomic mass is 35.5. The van der Waals surface area contributed by atoms with E-state index in [-0.39, 0.29) is 12.4 Å². The van der Waals surface area contributed by atoms with Crippen LogP contribution < -0.4 is 5.32 Å². The van der Waals surface area contributed by atoms with E-state index in [0.29, 0.717) is 6.04 Å². The predicted molar refractivity (Wildman–Crippen MR) is 91.0 cm³/mol. The topological polar surface area (TPSA) is 37.8 Å². The van der Waals surface area contributed by atoms with Crippen LogP contribution in [0.5, 0.6) is 0 Å². The Balaban J connectivity index is 0.00000161. The maximum Gasteiger partial charge on any atom is 0.162 e. The Kier molecular flexibility index (Phi) is 4.76. The fourth-order valence-corrected chi connectivity index (χ4v) is 2.18. The summed E-state index contributed by atoms with van der Waals surface area (Å²) in [5.41, 5.74) is 1.99. The molecule has 0 spiro atoms. The van der Waals surface area contributed by atoms with Crippen molar-refractivity contribution >= 4 is 29.1 Å². The van der Waals surface area contributed by atoms with Crippen molar-refractivity contribution in [3.05, 3.63) is 54.6 Å². The third-order valence-corrected chi connectivity index (χ3v) is 3.06. The normalized spacial score (nSPS) is 10.4. The number of benzene rings is 2. The van der Waals surface area contributed by atoms with Gasteiger partial charge in [0, 0.05) is 17.0 Å². The largest absolute Gasteiger partial charge is 0.367 e. The summed E-state index contributed by atoms with van der Waals surface area (Å²) in [4.78, 5) is 9.35. The third-order valence-electron chi connectivity index (χ3n) is 3.06. The second-order valence-electron chi connectivity index (χ2n) is 5.08. The van der Waals surface area contributed by atoms with Crippen LogP contribution in [0.15, 0.2) is 54.6 Å². The van der Waals surface area contributed by atoms with Crippen LogP contribution in [0.1, 0.15) is 13.8 Å². The molecule has 0 atom stereocenters. The van der Waals surface area contributed by atoms with Gasteiger partial charge in [-0.3, -0.25) is 0 Å². The predicted octanol–water partition coefficient (Wildman–Crippen LogP) is 4.54. The molecule has 2 aromatic carbocycles. The summed E-state index contributed by atoms with van der Waals surface area (Å²) >= 11 is 0. The smallest absolute Gasteiger partial charge is 0.162 e. The van der Waals surface area contributed by atoms with Gasteiger partial charge in [-0.25, -0.2) is 9.97 Å². The van der Waals surface area contributed by atoms with Crippen LogP contribution in [0.2, 0.25) is 0 Å². The molecule has 0 unspecified atom stereocenters. The van der Waals surface area contributed by atoms with Crippen molar-refractivity contribution < 1.29 is 0 Å². The van der Waals surface area contributed by atoms with E-state index in [1.165, 1.54) is 0 Å². The van der Waals surface area contributed by atoms with Gasteiger partial charge in [-0.05, 0) is 26.0 Å². The summed E-state index contributed by atoms with van der Waals surface area (Å²) < 4.78 is 0. The van der Waals surface area contributed by atoms with E-state index in [1.54, 1.807) is 0 Å². The van der Waals surface area contributed by atoms with Crippen LogP contribution in [0, 0.1) is 0 Å². The Morgan fingerprint density at radius 1 is 0.857 bits per heavy atom. The summed E-state index contributed by atoms with van der Waals surface area (Å²) in [5, 5.41) is 4.46. The van der Waals surface area contributed by atoms with Gasteiger partial charge < -0.3 is 5.32 Å². The van der Waals surface area contributed by atoms with Crippen LogP contribution in [0.25, 0.3) is 22.3 Å². The highest BCUT2D eigenvalue weighted by Gasteiger charge is 2.09. The molecule has 4 heteroatoms. The van der Waals surface area contributed by atoms with E-state index in [0.717, 1.165) is 28.1 Å². The van der Waals surface area contributed by atoms with E-state index in [9.17, 15) is 0 Å². The van der Waals surface area contributed by atoms with Gasteiger partial charge in [0.2, 0.25) is 0 Å². The zero-order valence-electron chi connectivity index (χ0n) is 12.1. The quantitative estimate of drug-likeness (QED) is 0.771. The van der Waals surface area contributed by atoms with Crippen molar-refractivity contribution in [3.63, 3.8) is 0 Å². The molecule has 3 rings (SSSR count). The molecule has 1 heterocycles. The summed E-state index contributed by atoms with van der Waals surface area (Å²) in [6.07, 6.45) is 0. The molecule has 0 radical (unpaired) electrons. The number of hydrogen-bond donors (Lipinski definition) is 1. The minimum atomic E-state index is 0. The second-order valence-corrected chi connectivity index (χ2v) is 5.08. The highest BCUT2D eigenvalue weighted by molar-refractivity contribution is 5.90. The van der Waals surface area contributed by atoms with Crippen molar-refractivity contribution in [1.29, 1.82) is 0 Å².